The maximum atomic E-state index is 11.2. The number of nitrogens with zero attached hydrogens (tertiary/aromatic N) is 1. The van der Waals surface area contributed by atoms with Crippen LogP contribution < -0.4 is 5.32 Å². The third-order valence-electron chi connectivity index (χ3n) is 3.08. The lowest BCUT2D eigenvalue weighted by Crippen LogP contribution is -2.10. The molecule has 0 aliphatic heterocycles. The lowest BCUT2D eigenvalue weighted by atomic mass is 10.0. The first kappa shape index (κ1) is 13.5. The molecule has 19 heavy (non-hydrogen) atoms. The van der Waals surface area contributed by atoms with Gasteiger partial charge in [-0.1, -0.05) is 24.3 Å². The maximum Gasteiger partial charge on any atom is 0.340 e. The van der Waals surface area contributed by atoms with Crippen LogP contribution in [0.25, 0.3) is 0 Å². The molecule has 4 nitrogen and oxygen atoms in total. The third-order valence-corrected chi connectivity index (χ3v) is 3.95. The minimum Gasteiger partial charge on any atom is -0.478 e. The van der Waals surface area contributed by atoms with Crippen LogP contribution in [-0.2, 0) is 0 Å². The number of carboxylic acids is 1. The maximum absolute atomic E-state index is 11.2. The number of carboxylic acid groups (broad SMARTS) is 1. The quantitative estimate of drug-likeness (QED) is 0.895. The minimum atomic E-state index is -0.939. The van der Waals surface area contributed by atoms with Crippen LogP contribution in [0.1, 0.15) is 40.1 Å². The predicted octanol–water partition coefficient (Wildman–Crippen LogP) is 3.63. The first-order chi connectivity index (χ1) is 9.00. The molecule has 1 unspecified atom stereocenters. The molecule has 0 aliphatic rings. The smallest absolute Gasteiger partial charge is 0.340 e. The van der Waals surface area contributed by atoms with E-state index in [0.29, 0.717) is 10.7 Å². The summed E-state index contributed by atoms with van der Waals surface area (Å²) in [4.78, 5) is 11.2. The van der Waals surface area contributed by atoms with Crippen LogP contribution in [0.4, 0.5) is 5.00 Å². The third kappa shape index (κ3) is 2.76. The van der Waals surface area contributed by atoms with Crippen molar-refractivity contribution in [3.05, 3.63) is 46.6 Å². The van der Waals surface area contributed by atoms with Gasteiger partial charge in [0, 0.05) is 6.04 Å². The van der Waals surface area contributed by atoms with E-state index in [1.165, 1.54) is 17.1 Å². The van der Waals surface area contributed by atoms with Crippen LogP contribution in [-0.4, -0.2) is 15.4 Å². The second-order valence-electron chi connectivity index (χ2n) is 4.50. The Morgan fingerprint density at radius 2 is 2.05 bits per heavy atom. The molecule has 5 heteroatoms. The largest absolute Gasteiger partial charge is 0.478 e. The SMILES string of the molecule is Cc1ccccc1C(C)Nc1snc(C)c1C(=O)O. The summed E-state index contributed by atoms with van der Waals surface area (Å²) in [6, 6.07) is 8.10. The molecule has 1 atom stereocenters. The minimum absolute atomic E-state index is 0.0409. The van der Waals surface area contributed by atoms with Crippen molar-refractivity contribution in [3.63, 3.8) is 0 Å². The molecule has 1 aromatic carbocycles. The summed E-state index contributed by atoms with van der Waals surface area (Å²) < 4.78 is 4.11. The summed E-state index contributed by atoms with van der Waals surface area (Å²) in [5.41, 5.74) is 3.16. The van der Waals surface area contributed by atoms with Crippen molar-refractivity contribution in [2.45, 2.75) is 26.8 Å². The molecule has 1 aromatic heterocycles. The molecular formula is C14H16N2O2S. The highest BCUT2D eigenvalue weighted by Gasteiger charge is 2.19. The molecular weight excluding hydrogens is 260 g/mol. The van der Waals surface area contributed by atoms with Crippen molar-refractivity contribution in [1.82, 2.24) is 4.37 Å². The zero-order chi connectivity index (χ0) is 14.0. The summed E-state index contributed by atoms with van der Waals surface area (Å²) in [6.07, 6.45) is 0. The van der Waals surface area contributed by atoms with E-state index in [-0.39, 0.29) is 11.6 Å². The van der Waals surface area contributed by atoms with Gasteiger partial charge in [0.25, 0.3) is 0 Å². The molecule has 0 fully saturated rings. The Bertz CT molecular complexity index is 607. The molecule has 2 rings (SSSR count). The Hall–Kier alpha value is -1.88. The van der Waals surface area contributed by atoms with E-state index in [1.807, 2.05) is 38.1 Å². The van der Waals surface area contributed by atoms with Crippen molar-refractivity contribution in [3.8, 4) is 0 Å². The number of hydrogen-bond acceptors (Lipinski definition) is 4. The fourth-order valence-electron chi connectivity index (χ4n) is 2.07. The second-order valence-corrected chi connectivity index (χ2v) is 5.27. The van der Waals surface area contributed by atoms with Crippen LogP contribution in [0.15, 0.2) is 24.3 Å². The van der Waals surface area contributed by atoms with Crippen LogP contribution in [0.5, 0.6) is 0 Å². The number of aromatic nitrogens is 1. The Morgan fingerprint density at radius 3 is 2.68 bits per heavy atom. The van der Waals surface area contributed by atoms with E-state index < -0.39 is 5.97 Å². The molecule has 2 N–H and O–H groups in total. The fourth-order valence-corrected chi connectivity index (χ4v) is 2.94. The number of rotatable bonds is 4. The van der Waals surface area contributed by atoms with Gasteiger partial charge < -0.3 is 10.4 Å². The molecule has 0 saturated heterocycles. The normalized spacial score (nSPS) is 12.2. The highest BCUT2D eigenvalue weighted by atomic mass is 32.1. The molecule has 1 heterocycles. The molecule has 0 amide bonds. The van der Waals surface area contributed by atoms with Gasteiger partial charge in [-0.3, -0.25) is 0 Å². The van der Waals surface area contributed by atoms with Gasteiger partial charge in [0.15, 0.2) is 0 Å². The lowest BCUT2D eigenvalue weighted by Gasteiger charge is -2.16. The van der Waals surface area contributed by atoms with Gasteiger partial charge in [0.05, 0.1) is 5.69 Å². The van der Waals surface area contributed by atoms with Crippen LogP contribution in [0.3, 0.4) is 0 Å². The average Bonchev–Trinajstić information content (AvgIpc) is 2.70. The summed E-state index contributed by atoms with van der Waals surface area (Å²) in [6.45, 7) is 5.77. The van der Waals surface area contributed by atoms with Crippen LogP contribution >= 0.6 is 11.5 Å². The van der Waals surface area contributed by atoms with Gasteiger partial charge in [0.2, 0.25) is 0 Å². The molecule has 0 radical (unpaired) electrons. The number of hydrogen-bond donors (Lipinski definition) is 2. The highest BCUT2D eigenvalue weighted by Crippen LogP contribution is 2.29. The van der Waals surface area contributed by atoms with E-state index in [9.17, 15) is 9.90 Å². The molecule has 0 spiro atoms. The number of nitrogens with one attached hydrogen (secondary N) is 1. The summed E-state index contributed by atoms with van der Waals surface area (Å²) in [5, 5.41) is 13.1. The Labute approximate surface area is 116 Å². The standard InChI is InChI=1S/C14H16N2O2S/c1-8-6-4-5-7-11(8)9(2)15-13-12(14(17)18)10(3)16-19-13/h4-7,9,15H,1-3H3,(H,17,18). The van der Waals surface area contributed by atoms with Gasteiger partial charge in [-0.05, 0) is 43.4 Å². The molecule has 0 saturated carbocycles. The van der Waals surface area contributed by atoms with Crippen molar-refractivity contribution in [2.75, 3.05) is 5.32 Å². The number of benzene rings is 1. The summed E-state index contributed by atoms with van der Waals surface area (Å²) in [7, 11) is 0. The van der Waals surface area contributed by atoms with Gasteiger partial charge >= 0.3 is 5.97 Å². The fraction of sp³-hybridized carbons (Fsp3) is 0.286. The number of carbonyl (C=O) groups is 1. The number of anilines is 1. The zero-order valence-electron chi connectivity index (χ0n) is 11.1. The topological polar surface area (TPSA) is 62.2 Å². The Kier molecular flexibility index (Phi) is 3.85. The molecule has 0 bridgehead atoms. The van der Waals surface area contributed by atoms with Gasteiger partial charge in [0.1, 0.15) is 10.6 Å². The van der Waals surface area contributed by atoms with Gasteiger partial charge in [-0.15, -0.1) is 0 Å². The van der Waals surface area contributed by atoms with E-state index in [0.717, 1.165) is 5.56 Å². The predicted molar refractivity (Wildman–Crippen MR) is 77.0 cm³/mol. The van der Waals surface area contributed by atoms with Crippen molar-refractivity contribution in [1.29, 1.82) is 0 Å². The summed E-state index contributed by atoms with van der Waals surface area (Å²) >= 11 is 1.19. The average molecular weight is 276 g/mol. The molecule has 100 valence electrons. The van der Waals surface area contributed by atoms with Gasteiger partial charge in [-0.2, -0.15) is 4.37 Å². The molecule has 0 aliphatic carbocycles. The Morgan fingerprint density at radius 1 is 1.37 bits per heavy atom. The number of aromatic carboxylic acids is 1. The van der Waals surface area contributed by atoms with E-state index in [4.69, 9.17) is 0 Å². The monoisotopic (exact) mass is 276 g/mol. The number of aryl methyl sites for hydroxylation is 2. The van der Waals surface area contributed by atoms with E-state index in [2.05, 4.69) is 9.69 Å². The first-order valence-corrected chi connectivity index (χ1v) is 6.79. The van der Waals surface area contributed by atoms with E-state index in [1.54, 1.807) is 6.92 Å². The van der Waals surface area contributed by atoms with E-state index >= 15 is 0 Å². The highest BCUT2D eigenvalue weighted by molar-refractivity contribution is 7.10. The first-order valence-electron chi connectivity index (χ1n) is 6.02. The summed E-state index contributed by atoms with van der Waals surface area (Å²) in [5.74, 6) is -0.939. The van der Waals surface area contributed by atoms with Crippen molar-refractivity contribution in [2.24, 2.45) is 0 Å². The van der Waals surface area contributed by atoms with Crippen molar-refractivity contribution < 1.29 is 9.90 Å². The van der Waals surface area contributed by atoms with Crippen molar-refractivity contribution >= 4 is 22.5 Å². The molecule has 2 aromatic rings. The zero-order valence-corrected chi connectivity index (χ0v) is 11.9. The van der Waals surface area contributed by atoms with Crippen LogP contribution in [0.2, 0.25) is 0 Å². The second kappa shape index (κ2) is 5.40. The van der Waals surface area contributed by atoms with Crippen LogP contribution in [0, 0.1) is 13.8 Å². The van der Waals surface area contributed by atoms with Gasteiger partial charge in [-0.25, -0.2) is 4.79 Å². The Balaban J connectivity index is 2.27. The lowest BCUT2D eigenvalue weighted by molar-refractivity contribution is 0.0697.